The largest absolute Gasteiger partial charge is 0.385 e. The molecule has 14 heteroatoms. The summed E-state index contributed by atoms with van der Waals surface area (Å²) >= 11 is 0. The third-order valence-corrected chi connectivity index (χ3v) is 13.1. The molecule has 0 aromatic heterocycles. The second-order valence-electron chi connectivity index (χ2n) is 13.5. The fourth-order valence-electron chi connectivity index (χ4n) is 7.24. The van der Waals surface area contributed by atoms with Crippen molar-refractivity contribution in [2.24, 2.45) is 0 Å². The number of hydrogen-bond donors (Lipinski definition) is 4. The van der Waals surface area contributed by atoms with E-state index in [0.29, 0.717) is 71.1 Å². The van der Waals surface area contributed by atoms with E-state index in [0.717, 1.165) is 11.1 Å². The van der Waals surface area contributed by atoms with Crippen molar-refractivity contribution in [1.29, 1.82) is 0 Å². The van der Waals surface area contributed by atoms with Gasteiger partial charge in [0.2, 0.25) is 20.0 Å². The molecular weight excluding hydrogens is 729 g/mol. The summed E-state index contributed by atoms with van der Waals surface area (Å²) in [5.74, 6) is -0.774. The quantitative estimate of drug-likeness (QED) is 0.0820. The minimum atomic E-state index is -3.91. The highest BCUT2D eigenvalue weighted by Gasteiger charge is 2.35. The first-order valence-corrected chi connectivity index (χ1v) is 20.6. The van der Waals surface area contributed by atoms with Gasteiger partial charge in [0.15, 0.2) is 11.6 Å². The molecule has 0 atom stereocenters. The van der Waals surface area contributed by atoms with Crippen LogP contribution >= 0.6 is 0 Å². The lowest BCUT2D eigenvalue weighted by atomic mass is 9.82. The standard InChI is InChI=1S/C40H48N4O8S2/c1-23-21-25(3)39(53(47,48)41-17-11-19-51-7)27(5)35(23)43-31-15-16-32(34-33(31)37(45)29-13-9-10-14-30(29)38(34)46)44-36-24(2)22-26(4)40(28(36)6)54(49,50)42-18-12-20-52-8/h9-10,13-16,21-22,41-44H,11-12,17-20H2,1-8H3. The SMILES string of the molecule is COCCCNS(=O)(=O)c1c(C)cc(C)c(Nc2ccc(Nc3c(C)cc(C)c(S(=O)(=O)NCCCOC)c3C)c3c2C(=O)c2ccccc2C3=O)c1C. The van der Waals surface area contributed by atoms with Gasteiger partial charge in [0.25, 0.3) is 0 Å². The van der Waals surface area contributed by atoms with E-state index in [1.807, 2.05) is 13.8 Å². The maximum atomic E-state index is 14.4. The van der Waals surface area contributed by atoms with Crippen molar-refractivity contribution in [2.75, 3.05) is 51.2 Å². The van der Waals surface area contributed by atoms with E-state index in [4.69, 9.17) is 9.47 Å². The van der Waals surface area contributed by atoms with Gasteiger partial charge < -0.3 is 20.1 Å². The molecule has 4 aromatic carbocycles. The van der Waals surface area contributed by atoms with Crippen LogP contribution in [0.1, 0.15) is 78.1 Å². The second kappa shape index (κ2) is 16.5. The van der Waals surface area contributed by atoms with Crippen molar-refractivity contribution in [3.8, 4) is 0 Å². The number of sulfonamides is 2. The Kier molecular flexibility index (Phi) is 12.5. The van der Waals surface area contributed by atoms with E-state index in [2.05, 4.69) is 20.1 Å². The lowest BCUT2D eigenvalue weighted by Gasteiger charge is -2.26. The number of ketones is 2. The Morgan fingerprint density at radius 3 is 1.28 bits per heavy atom. The molecule has 4 aromatic rings. The smallest absolute Gasteiger partial charge is 0.241 e. The number of carbonyl (C=O) groups excluding carboxylic acids is 2. The summed E-state index contributed by atoms with van der Waals surface area (Å²) in [6, 6.07) is 13.5. The summed E-state index contributed by atoms with van der Waals surface area (Å²) in [6.07, 6.45) is 0.999. The van der Waals surface area contributed by atoms with Crippen LogP contribution in [0.2, 0.25) is 0 Å². The molecule has 0 aliphatic heterocycles. The highest BCUT2D eigenvalue weighted by atomic mass is 32.2. The molecule has 0 radical (unpaired) electrons. The lowest BCUT2D eigenvalue weighted by molar-refractivity contribution is 0.0980. The monoisotopic (exact) mass is 776 g/mol. The second-order valence-corrected chi connectivity index (χ2v) is 16.9. The van der Waals surface area contributed by atoms with E-state index in [9.17, 15) is 26.4 Å². The van der Waals surface area contributed by atoms with Gasteiger partial charge in [0, 0.05) is 63.0 Å². The first kappa shape index (κ1) is 40.7. The number of nitrogens with one attached hydrogen (secondary N) is 4. The zero-order valence-electron chi connectivity index (χ0n) is 31.9. The number of methoxy groups -OCH3 is 2. The van der Waals surface area contributed by atoms with Crippen molar-refractivity contribution in [2.45, 2.75) is 64.2 Å². The molecule has 0 saturated heterocycles. The van der Waals surface area contributed by atoms with Gasteiger partial charge in [0.1, 0.15) is 0 Å². The predicted octanol–water partition coefficient (Wildman–Crippen LogP) is 6.43. The molecule has 1 aliphatic rings. The van der Waals surface area contributed by atoms with E-state index in [1.54, 1.807) is 90.4 Å². The molecule has 4 N–H and O–H groups in total. The first-order valence-electron chi connectivity index (χ1n) is 17.6. The van der Waals surface area contributed by atoms with Gasteiger partial charge >= 0.3 is 0 Å². The number of ether oxygens (including phenoxy) is 2. The molecule has 0 bridgehead atoms. The average Bonchev–Trinajstić information content (AvgIpc) is 3.10. The Labute approximate surface area is 318 Å². The van der Waals surface area contributed by atoms with Crippen molar-refractivity contribution in [3.63, 3.8) is 0 Å². The Bertz CT molecular complexity index is 2190. The Morgan fingerprint density at radius 1 is 0.556 bits per heavy atom. The predicted molar refractivity (Wildman–Crippen MR) is 211 cm³/mol. The van der Waals surface area contributed by atoms with Crippen molar-refractivity contribution >= 4 is 54.4 Å². The van der Waals surface area contributed by atoms with Crippen molar-refractivity contribution < 1.29 is 35.9 Å². The normalized spacial score (nSPS) is 12.8. The molecular formula is C40H48N4O8S2. The van der Waals surface area contributed by atoms with Gasteiger partial charge in [-0.25, -0.2) is 26.3 Å². The highest BCUT2D eigenvalue weighted by molar-refractivity contribution is 7.90. The first-order chi connectivity index (χ1) is 25.5. The Hall–Kier alpha value is -4.44. The fourth-order valence-corrected chi connectivity index (χ4v) is 10.3. The van der Waals surface area contributed by atoms with Crippen LogP contribution in [0.15, 0.2) is 58.3 Å². The van der Waals surface area contributed by atoms with E-state index < -0.39 is 20.0 Å². The van der Waals surface area contributed by atoms with Gasteiger partial charge in [-0.1, -0.05) is 36.4 Å². The van der Waals surface area contributed by atoms with Crippen LogP contribution < -0.4 is 20.1 Å². The molecule has 12 nitrogen and oxygen atoms in total. The minimum Gasteiger partial charge on any atom is -0.385 e. The van der Waals surface area contributed by atoms with Crippen LogP contribution in [-0.4, -0.2) is 68.9 Å². The maximum Gasteiger partial charge on any atom is 0.241 e. The number of fused-ring (bicyclic) bond motifs is 2. The van der Waals surface area contributed by atoms with Gasteiger partial charge in [-0.15, -0.1) is 0 Å². The Balaban J connectivity index is 1.64. The van der Waals surface area contributed by atoms with Crippen LogP contribution in [0.3, 0.4) is 0 Å². The molecule has 0 amide bonds. The summed E-state index contributed by atoms with van der Waals surface area (Å²) in [6.45, 7) is 11.8. The number of carbonyl (C=O) groups is 2. The summed E-state index contributed by atoms with van der Waals surface area (Å²) in [5.41, 5.74) is 5.82. The highest BCUT2D eigenvalue weighted by Crippen LogP contribution is 2.42. The molecule has 1 aliphatic carbocycles. The van der Waals surface area contributed by atoms with Crippen LogP contribution in [0.4, 0.5) is 22.7 Å². The van der Waals surface area contributed by atoms with Gasteiger partial charge in [0.05, 0.1) is 32.3 Å². The molecule has 0 saturated carbocycles. The van der Waals surface area contributed by atoms with Crippen molar-refractivity contribution in [3.05, 3.63) is 104 Å². The zero-order chi connectivity index (χ0) is 39.5. The number of benzene rings is 4. The molecule has 5 rings (SSSR count). The maximum absolute atomic E-state index is 14.4. The zero-order valence-corrected chi connectivity index (χ0v) is 33.6. The third kappa shape index (κ3) is 7.99. The minimum absolute atomic E-state index is 0.111. The topological polar surface area (TPSA) is 169 Å². The van der Waals surface area contributed by atoms with E-state index in [1.165, 1.54) is 0 Å². The fraction of sp³-hybridized carbons (Fsp3) is 0.350. The third-order valence-electron chi connectivity index (χ3n) is 9.57. The van der Waals surface area contributed by atoms with E-state index >= 15 is 0 Å². The summed E-state index contributed by atoms with van der Waals surface area (Å²) in [4.78, 5) is 29.0. The van der Waals surface area contributed by atoms with Crippen molar-refractivity contribution in [1.82, 2.24) is 9.44 Å². The summed E-state index contributed by atoms with van der Waals surface area (Å²) in [7, 11) is -4.72. The summed E-state index contributed by atoms with van der Waals surface area (Å²) < 4.78 is 69.6. The van der Waals surface area contributed by atoms with Crippen LogP contribution in [-0.2, 0) is 29.5 Å². The molecule has 54 heavy (non-hydrogen) atoms. The van der Waals surface area contributed by atoms with Crippen LogP contribution in [0.25, 0.3) is 0 Å². The van der Waals surface area contributed by atoms with Gasteiger partial charge in [-0.3, -0.25) is 9.59 Å². The molecule has 0 fully saturated rings. The van der Waals surface area contributed by atoms with E-state index in [-0.39, 0.29) is 56.7 Å². The Morgan fingerprint density at radius 2 is 0.926 bits per heavy atom. The van der Waals surface area contributed by atoms with Gasteiger partial charge in [-0.2, -0.15) is 0 Å². The number of rotatable bonds is 16. The number of anilines is 4. The molecule has 0 heterocycles. The van der Waals surface area contributed by atoms with Crippen LogP contribution in [0.5, 0.6) is 0 Å². The van der Waals surface area contributed by atoms with Crippen LogP contribution in [0, 0.1) is 41.5 Å². The number of hydrogen-bond acceptors (Lipinski definition) is 10. The number of aryl methyl sites for hydroxylation is 4. The van der Waals surface area contributed by atoms with Gasteiger partial charge in [-0.05, 0) is 99.9 Å². The molecule has 0 spiro atoms. The molecule has 0 unspecified atom stereocenters. The molecule has 288 valence electrons. The summed E-state index contributed by atoms with van der Waals surface area (Å²) in [5, 5.41) is 6.67. The lowest BCUT2D eigenvalue weighted by Crippen LogP contribution is -2.27. The average molecular weight is 777 g/mol.